The van der Waals surface area contributed by atoms with E-state index in [1.165, 1.54) is 4.90 Å². The van der Waals surface area contributed by atoms with E-state index in [9.17, 15) is 19.5 Å². The summed E-state index contributed by atoms with van der Waals surface area (Å²) in [6, 6.07) is -2.23. The lowest BCUT2D eigenvalue weighted by Crippen LogP contribution is -2.57. The van der Waals surface area contributed by atoms with E-state index in [4.69, 9.17) is 5.73 Å². The van der Waals surface area contributed by atoms with Crippen molar-refractivity contribution in [1.29, 1.82) is 0 Å². The van der Waals surface area contributed by atoms with Crippen molar-refractivity contribution in [3.8, 4) is 0 Å². The minimum absolute atomic E-state index is 0.0106. The summed E-state index contributed by atoms with van der Waals surface area (Å²) in [5.41, 5.74) is 5.92. The minimum Gasteiger partial charge on any atom is -0.480 e. The van der Waals surface area contributed by atoms with Crippen LogP contribution in [0.4, 0.5) is 0 Å². The van der Waals surface area contributed by atoms with E-state index in [1.54, 1.807) is 0 Å². The van der Waals surface area contributed by atoms with E-state index in [0.29, 0.717) is 19.4 Å². The van der Waals surface area contributed by atoms with Crippen molar-refractivity contribution in [2.75, 3.05) is 6.54 Å². The fourth-order valence-electron chi connectivity index (χ4n) is 2.74. The highest BCUT2D eigenvalue weighted by Crippen LogP contribution is 2.20. The molecule has 0 radical (unpaired) electrons. The Balaban J connectivity index is 2.84. The zero-order chi connectivity index (χ0) is 17.7. The average Bonchev–Trinajstić information content (AvgIpc) is 2.99. The topological polar surface area (TPSA) is 113 Å². The van der Waals surface area contributed by atoms with Crippen LogP contribution in [0.2, 0.25) is 0 Å². The normalized spacial score (nSPS) is 21.8. The first-order valence-corrected chi connectivity index (χ1v) is 8.29. The predicted molar refractivity (Wildman–Crippen MR) is 86.6 cm³/mol. The maximum Gasteiger partial charge on any atom is 0.326 e. The number of carboxylic acids is 1. The third kappa shape index (κ3) is 4.67. The number of hydrogen-bond donors (Lipinski definition) is 3. The maximum absolute atomic E-state index is 12.7. The molecule has 1 fully saturated rings. The van der Waals surface area contributed by atoms with Crippen molar-refractivity contribution < 1.29 is 19.5 Å². The molecule has 0 aliphatic carbocycles. The molecular weight excluding hydrogens is 298 g/mol. The number of nitrogens with two attached hydrogens (primary N) is 1. The first-order chi connectivity index (χ1) is 10.7. The molecule has 0 aromatic heterocycles. The zero-order valence-electron chi connectivity index (χ0n) is 14.4. The number of carbonyl (C=O) groups excluding carboxylic acids is 2. The SMILES string of the molecule is CC[C@H](C)[C@H](N)C(=O)N[C@H](C(=O)N1CCC[C@@H]1C(=O)O)C(C)C. The molecule has 132 valence electrons. The van der Waals surface area contributed by atoms with Crippen LogP contribution in [-0.2, 0) is 14.4 Å². The molecule has 0 saturated carbocycles. The molecule has 0 spiro atoms. The summed E-state index contributed by atoms with van der Waals surface area (Å²) >= 11 is 0. The zero-order valence-corrected chi connectivity index (χ0v) is 14.4. The highest BCUT2D eigenvalue weighted by Gasteiger charge is 2.39. The highest BCUT2D eigenvalue weighted by atomic mass is 16.4. The summed E-state index contributed by atoms with van der Waals surface area (Å²) in [6.07, 6.45) is 1.88. The summed E-state index contributed by atoms with van der Waals surface area (Å²) in [4.78, 5) is 37.6. The number of nitrogens with one attached hydrogen (secondary N) is 1. The van der Waals surface area contributed by atoms with Gasteiger partial charge in [-0.2, -0.15) is 0 Å². The Kier molecular flexibility index (Phi) is 7.00. The fourth-order valence-corrected chi connectivity index (χ4v) is 2.74. The first kappa shape index (κ1) is 19.4. The number of likely N-dealkylation sites (tertiary alicyclic amines) is 1. The van der Waals surface area contributed by atoms with Gasteiger partial charge < -0.3 is 21.1 Å². The summed E-state index contributed by atoms with van der Waals surface area (Å²) in [6.45, 7) is 7.89. The van der Waals surface area contributed by atoms with Crippen LogP contribution in [0, 0.1) is 11.8 Å². The van der Waals surface area contributed by atoms with E-state index >= 15 is 0 Å². The van der Waals surface area contributed by atoms with Crippen molar-refractivity contribution in [2.45, 2.75) is 65.1 Å². The van der Waals surface area contributed by atoms with Gasteiger partial charge in [-0.3, -0.25) is 9.59 Å². The van der Waals surface area contributed by atoms with Gasteiger partial charge in [0.05, 0.1) is 6.04 Å². The van der Waals surface area contributed by atoms with Gasteiger partial charge in [0.2, 0.25) is 11.8 Å². The second-order valence-electron chi connectivity index (χ2n) is 6.67. The van der Waals surface area contributed by atoms with Gasteiger partial charge in [-0.1, -0.05) is 34.1 Å². The van der Waals surface area contributed by atoms with Crippen LogP contribution in [0.25, 0.3) is 0 Å². The lowest BCUT2D eigenvalue weighted by Gasteiger charge is -2.30. The van der Waals surface area contributed by atoms with Gasteiger partial charge in [0.25, 0.3) is 0 Å². The summed E-state index contributed by atoms with van der Waals surface area (Å²) in [7, 11) is 0. The lowest BCUT2D eigenvalue weighted by atomic mass is 9.97. The molecule has 2 amide bonds. The second kappa shape index (κ2) is 8.29. The lowest BCUT2D eigenvalue weighted by molar-refractivity contribution is -0.150. The van der Waals surface area contributed by atoms with E-state index in [-0.39, 0.29) is 23.7 Å². The Morgan fingerprint density at radius 1 is 1.30 bits per heavy atom. The van der Waals surface area contributed by atoms with Crippen LogP contribution in [0.1, 0.15) is 47.0 Å². The number of nitrogens with zero attached hydrogens (tertiary/aromatic N) is 1. The molecule has 1 aliphatic rings. The first-order valence-electron chi connectivity index (χ1n) is 8.29. The Morgan fingerprint density at radius 3 is 2.39 bits per heavy atom. The predicted octanol–water partition coefficient (Wildman–Crippen LogP) is 0.576. The van der Waals surface area contributed by atoms with Crippen LogP contribution in [0.5, 0.6) is 0 Å². The average molecular weight is 327 g/mol. The van der Waals surface area contributed by atoms with Gasteiger partial charge in [-0.15, -0.1) is 0 Å². The third-order valence-corrected chi connectivity index (χ3v) is 4.61. The Labute approximate surface area is 137 Å². The van der Waals surface area contributed by atoms with Gasteiger partial charge in [-0.05, 0) is 24.7 Å². The van der Waals surface area contributed by atoms with Crippen molar-refractivity contribution >= 4 is 17.8 Å². The molecule has 4 N–H and O–H groups in total. The molecule has 0 unspecified atom stereocenters. The van der Waals surface area contributed by atoms with Crippen LogP contribution >= 0.6 is 0 Å². The molecule has 0 aromatic rings. The molecular formula is C16H29N3O4. The second-order valence-corrected chi connectivity index (χ2v) is 6.67. The summed E-state index contributed by atoms with van der Waals surface area (Å²) in [5, 5.41) is 11.9. The van der Waals surface area contributed by atoms with Gasteiger partial charge >= 0.3 is 5.97 Å². The van der Waals surface area contributed by atoms with E-state index in [2.05, 4.69) is 5.32 Å². The Bertz CT molecular complexity index is 453. The van der Waals surface area contributed by atoms with Crippen molar-refractivity contribution in [1.82, 2.24) is 10.2 Å². The molecule has 0 bridgehead atoms. The molecule has 23 heavy (non-hydrogen) atoms. The van der Waals surface area contributed by atoms with E-state index < -0.39 is 24.1 Å². The fraction of sp³-hybridized carbons (Fsp3) is 0.812. The van der Waals surface area contributed by atoms with Gasteiger partial charge in [0.1, 0.15) is 12.1 Å². The summed E-state index contributed by atoms with van der Waals surface area (Å²) < 4.78 is 0. The molecule has 4 atom stereocenters. The number of carboxylic acid groups (broad SMARTS) is 1. The molecule has 7 heteroatoms. The van der Waals surface area contributed by atoms with Gasteiger partial charge in [-0.25, -0.2) is 4.79 Å². The Morgan fingerprint density at radius 2 is 1.91 bits per heavy atom. The number of aliphatic carboxylic acids is 1. The molecule has 1 aliphatic heterocycles. The number of carbonyl (C=O) groups is 3. The van der Waals surface area contributed by atoms with Crippen LogP contribution in [-0.4, -0.2) is 52.5 Å². The van der Waals surface area contributed by atoms with E-state index in [1.807, 2.05) is 27.7 Å². The van der Waals surface area contributed by atoms with Crippen LogP contribution in [0.15, 0.2) is 0 Å². The smallest absolute Gasteiger partial charge is 0.326 e. The van der Waals surface area contributed by atoms with Gasteiger partial charge in [0, 0.05) is 6.54 Å². The molecule has 7 nitrogen and oxygen atoms in total. The monoisotopic (exact) mass is 327 g/mol. The largest absolute Gasteiger partial charge is 0.480 e. The van der Waals surface area contributed by atoms with Gasteiger partial charge in [0.15, 0.2) is 0 Å². The van der Waals surface area contributed by atoms with Crippen molar-refractivity contribution in [3.05, 3.63) is 0 Å². The van der Waals surface area contributed by atoms with Crippen molar-refractivity contribution in [3.63, 3.8) is 0 Å². The Hall–Kier alpha value is -1.63. The molecule has 1 rings (SSSR count). The quantitative estimate of drug-likeness (QED) is 0.633. The van der Waals surface area contributed by atoms with Crippen LogP contribution in [0.3, 0.4) is 0 Å². The third-order valence-electron chi connectivity index (χ3n) is 4.61. The molecule has 0 aromatic carbocycles. The van der Waals surface area contributed by atoms with Crippen molar-refractivity contribution in [2.24, 2.45) is 17.6 Å². The standard InChI is InChI=1S/C16H29N3O4/c1-5-10(4)12(17)14(20)18-13(9(2)3)15(21)19-8-6-7-11(19)16(22)23/h9-13H,5-8,17H2,1-4H3,(H,18,20)(H,22,23)/t10-,11+,12-,13-/m0/s1. The molecule has 1 saturated heterocycles. The highest BCUT2D eigenvalue weighted by molar-refractivity contribution is 5.92. The summed E-state index contributed by atoms with van der Waals surface area (Å²) in [5.74, 6) is -1.84. The van der Waals surface area contributed by atoms with E-state index in [0.717, 1.165) is 6.42 Å². The maximum atomic E-state index is 12.7. The number of amides is 2. The van der Waals surface area contributed by atoms with Crippen LogP contribution < -0.4 is 11.1 Å². The molecule has 1 heterocycles. The number of rotatable bonds is 7. The number of hydrogen-bond acceptors (Lipinski definition) is 4. The minimum atomic E-state index is -0.999.